The fourth-order valence-corrected chi connectivity index (χ4v) is 4.26. The molecular weight excluding hydrogens is 357 g/mol. The highest BCUT2D eigenvalue weighted by Crippen LogP contribution is 2.29. The van der Waals surface area contributed by atoms with E-state index >= 15 is 0 Å². The molecule has 1 atom stereocenters. The van der Waals surface area contributed by atoms with Gasteiger partial charge < -0.3 is 4.74 Å². The van der Waals surface area contributed by atoms with Crippen molar-refractivity contribution < 1.29 is 13.2 Å². The molecule has 0 aliphatic rings. The highest BCUT2D eigenvalue weighted by atomic mass is 35.5. The quantitative estimate of drug-likeness (QED) is 0.847. The van der Waals surface area contributed by atoms with Gasteiger partial charge in [0.05, 0.1) is 7.11 Å². The number of benzene rings is 2. The Kier molecular flexibility index (Phi) is 5.57. The molecule has 0 aromatic heterocycles. The third-order valence-electron chi connectivity index (χ3n) is 3.37. The van der Waals surface area contributed by atoms with Crippen LogP contribution in [0.4, 0.5) is 0 Å². The van der Waals surface area contributed by atoms with E-state index in [1.165, 1.54) is 7.11 Å². The maximum atomic E-state index is 12.7. The third kappa shape index (κ3) is 4.18. The molecule has 0 saturated heterocycles. The number of sulfonamides is 1. The molecule has 7 heteroatoms. The van der Waals surface area contributed by atoms with Crippen LogP contribution >= 0.6 is 23.2 Å². The minimum atomic E-state index is -3.77. The predicted molar refractivity (Wildman–Crippen MR) is 92.9 cm³/mol. The van der Waals surface area contributed by atoms with Gasteiger partial charge in [-0.1, -0.05) is 35.3 Å². The normalized spacial score (nSPS) is 12.9. The lowest BCUT2D eigenvalue weighted by molar-refractivity contribution is 0.402. The zero-order chi connectivity index (χ0) is 17.2. The Morgan fingerprint density at radius 2 is 1.83 bits per heavy atom. The van der Waals surface area contributed by atoms with E-state index < -0.39 is 16.1 Å². The van der Waals surface area contributed by atoms with Gasteiger partial charge in [0.15, 0.2) is 0 Å². The van der Waals surface area contributed by atoms with Crippen molar-refractivity contribution in [3.63, 3.8) is 0 Å². The highest BCUT2D eigenvalue weighted by Gasteiger charge is 2.23. The van der Waals surface area contributed by atoms with Crippen molar-refractivity contribution in [2.75, 3.05) is 7.11 Å². The Morgan fingerprint density at radius 1 is 1.13 bits per heavy atom. The summed E-state index contributed by atoms with van der Waals surface area (Å²) in [5, 5.41) is 0.901. The second-order valence-corrected chi connectivity index (χ2v) is 7.69. The zero-order valence-electron chi connectivity index (χ0n) is 12.9. The van der Waals surface area contributed by atoms with Crippen molar-refractivity contribution in [2.45, 2.75) is 24.8 Å². The number of nitrogens with one attached hydrogen (secondary N) is 1. The number of hydrogen-bond donors (Lipinski definition) is 1. The monoisotopic (exact) mass is 373 g/mol. The molecule has 2 aromatic carbocycles. The molecule has 0 aliphatic carbocycles. The summed E-state index contributed by atoms with van der Waals surface area (Å²) in [6.45, 7) is 3.53. The fraction of sp³-hybridized carbons (Fsp3) is 0.250. The summed E-state index contributed by atoms with van der Waals surface area (Å²) < 4.78 is 33.1. The Morgan fingerprint density at radius 3 is 2.43 bits per heavy atom. The predicted octanol–water partition coefficient (Wildman–Crippen LogP) is 4.35. The van der Waals surface area contributed by atoms with Gasteiger partial charge in [-0.2, -0.15) is 0 Å². The van der Waals surface area contributed by atoms with Gasteiger partial charge in [-0.05, 0) is 49.2 Å². The molecule has 0 saturated carbocycles. The largest absolute Gasteiger partial charge is 0.495 e. The topological polar surface area (TPSA) is 55.4 Å². The molecule has 0 spiro atoms. The van der Waals surface area contributed by atoms with E-state index in [4.69, 9.17) is 27.9 Å². The molecule has 0 unspecified atom stereocenters. The summed E-state index contributed by atoms with van der Waals surface area (Å²) in [7, 11) is -2.33. The van der Waals surface area contributed by atoms with Gasteiger partial charge >= 0.3 is 0 Å². The molecule has 0 heterocycles. The van der Waals surface area contributed by atoms with Crippen molar-refractivity contribution in [1.29, 1.82) is 0 Å². The van der Waals surface area contributed by atoms with Gasteiger partial charge in [-0.15, -0.1) is 0 Å². The van der Waals surface area contributed by atoms with Crippen LogP contribution in [0.5, 0.6) is 5.75 Å². The SMILES string of the molecule is COc1ccc(C)cc1S(=O)(=O)N[C@@H](C)c1ccc(Cl)cc1Cl. The standard InChI is InChI=1S/C16H17Cl2NO3S/c1-10-4-7-15(22-3)16(8-10)23(20,21)19-11(2)13-6-5-12(17)9-14(13)18/h4-9,11,19H,1-3H3/t11-/m0/s1. The van der Waals surface area contributed by atoms with E-state index in [0.29, 0.717) is 15.6 Å². The summed E-state index contributed by atoms with van der Waals surface area (Å²) in [6, 6.07) is 9.41. The summed E-state index contributed by atoms with van der Waals surface area (Å²) >= 11 is 12.0. The minimum absolute atomic E-state index is 0.0944. The molecule has 1 N–H and O–H groups in total. The Balaban J connectivity index is 2.36. The summed E-state index contributed by atoms with van der Waals surface area (Å²) in [6.07, 6.45) is 0. The first-order valence-electron chi connectivity index (χ1n) is 6.86. The maximum absolute atomic E-state index is 12.7. The van der Waals surface area contributed by atoms with Crippen molar-refractivity contribution in [1.82, 2.24) is 4.72 Å². The van der Waals surface area contributed by atoms with E-state index in [9.17, 15) is 8.42 Å². The van der Waals surface area contributed by atoms with E-state index in [-0.39, 0.29) is 10.6 Å². The summed E-state index contributed by atoms with van der Waals surface area (Å²) in [4.78, 5) is 0.0944. The third-order valence-corrected chi connectivity index (χ3v) is 5.49. The van der Waals surface area contributed by atoms with Gasteiger partial charge in [0.2, 0.25) is 10.0 Å². The van der Waals surface area contributed by atoms with Crippen LogP contribution in [-0.2, 0) is 10.0 Å². The number of methoxy groups -OCH3 is 1. The Labute approximate surface area is 146 Å². The number of aryl methyl sites for hydroxylation is 1. The molecule has 0 aliphatic heterocycles. The smallest absolute Gasteiger partial charge is 0.244 e. The number of hydrogen-bond acceptors (Lipinski definition) is 3. The number of halogens is 2. The van der Waals surface area contributed by atoms with Gasteiger partial charge in [-0.3, -0.25) is 0 Å². The van der Waals surface area contributed by atoms with Crippen LogP contribution in [0.15, 0.2) is 41.3 Å². The second kappa shape index (κ2) is 7.09. The van der Waals surface area contributed by atoms with Gasteiger partial charge in [0.25, 0.3) is 0 Å². The van der Waals surface area contributed by atoms with Crippen molar-refractivity contribution >= 4 is 33.2 Å². The average molecular weight is 374 g/mol. The lowest BCUT2D eigenvalue weighted by Crippen LogP contribution is -2.27. The molecule has 0 radical (unpaired) electrons. The molecule has 0 fully saturated rings. The molecule has 124 valence electrons. The van der Waals surface area contributed by atoms with E-state index in [1.54, 1.807) is 43.3 Å². The highest BCUT2D eigenvalue weighted by molar-refractivity contribution is 7.89. The zero-order valence-corrected chi connectivity index (χ0v) is 15.3. The molecule has 4 nitrogen and oxygen atoms in total. The van der Waals surface area contributed by atoms with Crippen LogP contribution in [0.25, 0.3) is 0 Å². The first-order chi connectivity index (χ1) is 10.7. The van der Waals surface area contributed by atoms with Crippen LogP contribution in [0.1, 0.15) is 24.1 Å². The van der Waals surface area contributed by atoms with Gasteiger partial charge in [0.1, 0.15) is 10.6 Å². The lowest BCUT2D eigenvalue weighted by atomic mass is 10.1. The van der Waals surface area contributed by atoms with Crippen LogP contribution in [0.2, 0.25) is 10.0 Å². The van der Waals surface area contributed by atoms with Crippen LogP contribution in [-0.4, -0.2) is 15.5 Å². The second-order valence-electron chi connectivity index (χ2n) is 5.16. The molecule has 2 rings (SSSR count). The van der Waals surface area contributed by atoms with E-state index in [0.717, 1.165) is 5.56 Å². The Hall–Kier alpha value is -1.27. The summed E-state index contributed by atoms with van der Waals surface area (Å²) in [5.74, 6) is 0.289. The van der Waals surface area contributed by atoms with Crippen molar-refractivity contribution in [3.05, 3.63) is 57.6 Å². The van der Waals surface area contributed by atoms with Crippen LogP contribution in [0.3, 0.4) is 0 Å². The first-order valence-corrected chi connectivity index (χ1v) is 9.10. The van der Waals surface area contributed by atoms with Gasteiger partial charge in [-0.25, -0.2) is 13.1 Å². The number of ether oxygens (including phenoxy) is 1. The van der Waals surface area contributed by atoms with E-state index in [2.05, 4.69) is 4.72 Å². The number of rotatable bonds is 5. The molecule has 2 aromatic rings. The van der Waals surface area contributed by atoms with Crippen molar-refractivity contribution in [2.24, 2.45) is 0 Å². The summed E-state index contributed by atoms with van der Waals surface area (Å²) in [5.41, 5.74) is 1.47. The molecular formula is C16H17Cl2NO3S. The maximum Gasteiger partial charge on any atom is 0.244 e. The minimum Gasteiger partial charge on any atom is -0.495 e. The Bertz CT molecular complexity index is 822. The van der Waals surface area contributed by atoms with Crippen molar-refractivity contribution in [3.8, 4) is 5.75 Å². The lowest BCUT2D eigenvalue weighted by Gasteiger charge is -2.17. The fourth-order valence-electron chi connectivity index (χ4n) is 2.21. The van der Waals surface area contributed by atoms with Gasteiger partial charge in [0, 0.05) is 16.1 Å². The van der Waals surface area contributed by atoms with E-state index in [1.807, 2.05) is 6.92 Å². The van der Waals surface area contributed by atoms with Crippen LogP contribution < -0.4 is 9.46 Å². The van der Waals surface area contributed by atoms with Crippen LogP contribution in [0, 0.1) is 6.92 Å². The molecule has 0 bridgehead atoms. The molecule has 0 amide bonds. The average Bonchev–Trinajstić information content (AvgIpc) is 2.46. The first kappa shape index (κ1) is 18.1. The molecule has 23 heavy (non-hydrogen) atoms.